The summed E-state index contributed by atoms with van der Waals surface area (Å²) in [5.74, 6) is 0.377. The molecular weight excluding hydrogens is 240 g/mol. The van der Waals surface area contributed by atoms with Gasteiger partial charge < -0.3 is 11.1 Å². The van der Waals surface area contributed by atoms with Gasteiger partial charge in [0.2, 0.25) is 5.28 Å². The fourth-order valence-corrected chi connectivity index (χ4v) is 1.89. The van der Waals surface area contributed by atoms with Crippen LogP contribution in [0.3, 0.4) is 0 Å². The maximum absolute atomic E-state index is 11.2. The van der Waals surface area contributed by atoms with Crippen molar-refractivity contribution < 1.29 is 4.79 Å². The number of nitrogens with two attached hydrogens (primary N) is 1. The van der Waals surface area contributed by atoms with E-state index < -0.39 is 5.91 Å². The normalized spacial score (nSPS) is 15.1. The lowest BCUT2D eigenvalue weighted by Gasteiger charge is -2.12. The number of carbonyl (C=O) groups excluding carboxylic acids is 1. The second-order valence-corrected chi connectivity index (χ2v) is 4.29. The standard InChI is InChI=1S/C11H13ClN4O/c12-11-15-6-8(9(13)17)10(16-11)14-5-7-3-1-2-4-7/h1-2,6-7H,3-5H2,(H2,13,17)(H,14,15,16). The van der Waals surface area contributed by atoms with Gasteiger partial charge in [0.1, 0.15) is 5.82 Å². The highest BCUT2D eigenvalue weighted by Crippen LogP contribution is 2.19. The number of hydrogen-bond acceptors (Lipinski definition) is 4. The predicted molar refractivity (Wildman–Crippen MR) is 65.9 cm³/mol. The van der Waals surface area contributed by atoms with Crippen molar-refractivity contribution in [1.82, 2.24) is 9.97 Å². The minimum Gasteiger partial charge on any atom is -0.369 e. The van der Waals surface area contributed by atoms with Crippen LogP contribution in [0.25, 0.3) is 0 Å². The maximum atomic E-state index is 11.2. The smallest absolute Gasteiger partial charge is 0.254 e. The quantitative estimate of drug-likeness (QED) is 0.630. The zero-order valence-corrected chi connectivity index (χ0v) is 9.94. The van der Waals surface area contributed by atoms with E-state index in [0.29, 0.717) is 11.7 Å². The zero-order valence-electron chi connectivity index (χ0n) is 9.19. The number of nitrogens with one attached hydrogen (secondary N) is 1. The molecule has 1 amide bonds. The van der Waals surface area contributed by atoms with Crippen LogP contribution in [0.15, 0.2) is 18.3 Å². The fourth-order valence-electron chi connectivity index (χ4n) is 1.76. The summed E-state index contributed by atoms with van der Waals surface area (Å²) in [6, 6.07) is 0. The molecule has 0 aromatic carbocycles. The average molecular weight is 253 g/mol. The third-order valence-corrected chi connectivity index (χ3v) is 2.87. The van der Waals surface area contributed by atoms with Crippen LogP contribution >= 0.6 is 11.6 Å². The van der Waals surface area contributed by atoms with Crippen LogP contribution in [-0.2, 0) is 0 Å². The van der Waals surface area contributed by atoms with E-state index in [1.165, 1.54) is 6.20 Å². The molecule has 0 aliphatic heterocycles. The van der Waals surface area contributed by atoms with Gasteiger partial charge in [-0.25, -0.2) is 4.98 Å². The Kier molecular flexibility index (Phi) is 3.58. The Morgan fingerprint density at radius 3 is 2.88 bits per heavy atom. The first-order valence-electron chi connectivity index (χ1n) is 5.38. The summed E-state index contributed by atoms with van der Waals surface area (Å²) in [5, 5.41) is 3.20. The highest BCUT2D eigenvalue weighted by Gasteiger charge is 2.14. The Bertz CT molecular complexity index is 453. The van der Waals surface area contributed by atoms with Crippen molar-refractivity contribution in [1.29, 1.82) is 0 Å². The van der Waals surface area contributed by atoms with Crippen molar-refractivity contribution >= 4 is 23.3 Å². The van der Waals surface area contributed by atoms with Crippen LogP contribution in [-0.4, -0.2) is 22.4 Å². The number of aromatic nitrogens is 2. The molecule has 0 atom stereocenters. The second kappa shape index (κ2) is 5.14. The summed E-state index contributed by atoms with van der Waals surface area (Å²) >= 11 is 5.69. The molecule has 1 heterocycles. The Morgan fingerprint density at radius 1 is 1.53 bits per heavy atom. The van der Waals surface area contributed by atoms with Crippen LogP contribution in [0, 0.1) is 5.92 Å². The van der Waals surface area contributed by atoms with Crippen molar-refractivity contribution in [3.05, 3.63) is 29.2 Å². The van der Waals surface area contributed by atoms with Gasteiger partial charge in [-0.1, -0.05) is 12.2 Å². The van der Waals surface area contributed by atoms with Crippen LogP contribution in [0.5, 0.6) is 0 Å². The van der Waals surface area contributed by atoms with Crippen molar-refractivity contribution in [2.45, 2.75) is 12.8 Å². The zero-order chi connectivity index (χ0) is 12.3. The van der Waals surface area contributed by atoms with E-state index in [9.17, 15) is 4.79 Å². The molecule has 0 saturated heterocycles. The lowest BCUT2D eigenvalue weighted by molar-refractivity contribution is 0.100. The molecule has 0 radical (unpaired) electrons. The number of anilines is 1. The molecule has 3 N–H and O–H groups in total. The topological polar surface area (TPSA) is 80.9 Å². The number of nitrogens with zero attached hydrogens (tertiary/aromatic N) is 2. The largest absolute Gasteiger partial charge is 0.369 e. The van der Waals surface area contributed by atoms with Gasteiger partial charge in [0.15, 0.2) is 0 Å². The third-order valence-electron chi connectivity index (χ3n) is 2.69. The first-order chi connectivity index (χ1) is 8.16. The van der Waals surface area contributed by atoms with Gasteiger partial charge in [0.05, 0.1) is 5.56 Å². The van der Waals surface area contributed by atoms with Crippen molar-refractivity contribution in [2.75, 3.05) is 11.9 Å². The number of amides is 1. The summed E-state index contributed by atoms with van der Waals surface area (Å²) in [7, 11) is 0. The summed E-state index contributed by atoms with van der Waals surface area (Å²) in [6.45, 7) is 0.737. The van der Waals surface area contributed by atoms with Gasteiger partial charge in [0.25, 0.3) is 5.91 Å². The molecule has 1 aromatic heterocycles. The lowest BCUT2D eigenvalue weighted by Crippen LogP contribution is -2.19. The van der Waals surface area contributed by atoms with Crippen LogP contribution in [0.2, 0.25) is 5.28 Å². The Balaban J connectivity index is 2.07. The van der Waals surface area contributed by atoms with E-state index in [4.69, 9.17) is 17.3 Å². The number of carbonyl (C=O) groups is 1. The Hall–Kier alpha value is -1.62. The molecule has 0 saturated carbocycles. The molecule has 0 bridgehead atoms. The average Bonchev–Trinajstić information content (AvgIpc) is 2.78. The van der Waals surface area contributed by atoms with E-state index in [0.717, 1.165) is 19.4 Å². The number of hydrogen-bond donors (Lipinski definition) is 2. The molecule has 0 fully saturated rings. The predicted octanol–water partition coefficient (Wildman–Crippen LogP) is 1.61. The van der Waals surface area contributed by atoms with Crippen LogP contribution < -0.4 is 11.1 Å². The molecular formula is C11H13ClN4O. The summed E-state index contributed by atoms with van der Waals surface area (Å²) in [5.41, 5.74) is 5.50. The highest BCUT2D eigenvalue weighted by atomic mass is 35.5. The second-order valence-electron chi connectivity index (χ2n) is 3.96. The van der Waals surface area contributed by atoms with Gasteiger partial charge in [-0.3, -0.25) is 4.79 Å². The molecule has 17 heavy (non-hydrogen) atoms. The minimum atomic E-state index is -0.561. The molecule has 1 aromatic rings. The molecule has 0 spiro atoms. The van der Waals surface area contributed by atoms with Gasteiger partial charge in [-0.05, 0) is 30.4 Å². The van der Waals surface area contributed by atoms with E-state index in [-0.39, 0.29) is 10.8 Å². The summed E-state index contributed by atoms with van der Waals surface area (Å²) < 4.78 is 0. The lowest BCUT2D eigenvalue weighted by atomic mass is 10.1. The first kappa shape index (κ1) is 11.9. The third kappa shape index (κ3) is 2.94. The van der Waals surface area contributed by atoms with Gasteiger partial charge in [-0.15, -0.1) is 0 Å². The number of allylic oxidation sites excluding steroid dienone is 2. The van der Waals surface area contributed by atoms with Gasteiger partial charge in [-0.2, -0.15) is 4.98 Å². The molecule has 5 nitrogen and oxygen atoms in total. The van der Waals surface area contributed by atoms with E-state index in [2.05, 4.69) is 27.4 Å². The SMILES string of the molecule is NC(=O)c1cnc(Cl)nc1NCC1CC=CC1. The fraction of sp³-hybridized carbons (Fsp3) is 0.364. The molecule has 6 heteroatoms. The molecule has 1 aliphatic rings. The van der Waals surface area contributed by atoms with Crippen LogP contribution in [0.1, 0.15) is 23.2 Å². The molecule has 90 valence electrons. The van der Waals surface area contributed by atoms with E-state index in [1.54, 1.807) is 0 Å². The van der Waals surface area contributed by atoms with E-state index in [1.807, 2.05) is 0 Å². The monoisotopic (exact) mass is 252 g/mol. The highest BCUT2D eigenvalue weighted by molar-refractivity contribution is 6.28. The Morgan fingerprint density at radius 2 is 2.24 bits per heavy atom. The van der Waals surface area contributed by atoms with Crippen LogP contribution in [0.4, 0.5) is 5.82 Å². The van der Waals surface area contributed by atoms with Crippen molar-refractivity contribution in [3.63, 3.8) is 0 Å². The van der Waals surface area contributed by atoms with Gasteiger partial charge in [0, 0.05) is 12.7 Å². The number of halogens is 1. The maximum Gasteiger partial charge on any atom is 0.254 e. The summed E-state index contributed by atoms with van der Waals surface area (Å²) in [4.78, 5) is 18.9. The number of rotatable bonds is 4. The van der Waals surface area contributed by atoms with Gasteiger partial charge >= 0.3 is 0 Å². The molecule has 0 unspecified atom stereocenters. The Labute approximate surface area is 104 Å². The molecule has 2 rings (SSSR count). The van der Waals surface area contributed by atoms with Crippen molar-refractivity contribution in [3.8, 4) is 0 Å². The minimum absolute atomic E-state index is 0.0991. The first-order valence-corrected chi connectivity index (χ1v) is 5.76. The number of primary amides is 1. The van der Waals surface area contributed by atoms with Crippen molar-refractivity contribution in [2.24, 2.45) is 11.7 Å². The molecule has 1 aliphatic carbocycles. The van der Waals surface area contributed by atoms with E-state index >= 15 is 0 Å². The summed E-state index contributed by atoms with van der Waals surface area (Å²) in [6.07, 6.45) is 7.71.